The summed E-state index contributed by atoms with van der Waals surface area (Å²) < 4.78 is 7.76. The molecule has 0 saturated heterocycles. The van der Waals surface area contributed by atoms with Crippen molar-refractivity contribution in [1.29, 1.82) is 0 Å². The molecule has 0 amide bonds. The van der Waals surface area contributed by atoms with Gasteiger partial charge in [0.25, 0.3) is 0 Å². The fourth-order valence-corrected chi connectivity index (χ4v) is 2.72. The normalized spacial score (nSPS) is 11.9. The monoisotopic (exact) mass is 334 g/mol. The van der Waals surface area contributed by atoms with E-state index >= 15 is 0 Å². The maximum Gasteiger partial charge on any atom is 0.167 e. The summed E-state index contributed by atoms with van der Waals surface area (Å²) in [6, 6.07) is 17.4. The molecule has 4 nitrogen and oxygen atoms in total. The van der Waals surface area contributed by atoms with Crippen LogP contribution in [0.15, 0.2) is 67.0 Å². The number of aromatic nitrogens is 2. The predicted octanol–water partition coefficient (Wildman–Crippen LogP) is 4.29. The van der Waals surface area contributed by atoms with Crippen molar-refractivity contribution in [2.75, 3.05) is 0 Å². The molecule has 0 fully saturated rings. The first-order chi connectivity index (χ1) is 12.1. The highest BCUT2D eigenvalue weighted by molar-refractivity contribution is 5.97. The zero-order chi connectivity index (χ0) is 17.6. The fraction of sp³-hybridized carbons (Fsp3) is 0.238. The van der Waals surface area contributed by atoms with Crippen LogP contribution in [0.5, 0.6) is 5.75 Å². The third-order valence-electron chi connectivity index (χ3n) is 4.23. The van der Waals surface area contributed by atoms with Crippen LogP contribution in [-0.4, -0.2) is 15.3 Å². The number of rotatable bonds is 7. The lowest BCUT2D eigenvalue weighted by molar-refractivity contribution is 0.0918. The van der Waals surface area contributed by atoms with Crippen molar-refractivity contribution in [3.05, 3.63) is 83.9 Å². The van der Waals surface area contributed by atoms with E-state index in [0.29, 0.717) is 18.7 Å². The maximum atomic E-state index is 12.6. The molecule has 1 heterocycles. The summed E-state index contributed by atoms with van der Waals surface area (Å²) in [6.07, 6.45) is 3.66. The maximum absolute atomic E-state index is 12.6. The molecule has 0 spiro atoms. The van der Waals surface area contributed by atoms with E-state index in [1.54, 1.807) is 6.20 Å². The van der Waals surface area contributed by atoms with Crippen molar-refractivity contribution in [2.24, 2.45) is 5.92 Å². The number of hydrogen-bond acceptors (Lipinski definition) is 3. The summed E-state index contributed by atoms with van der Waals surface area (Å²) in [7, 11) is 0. The van der Waals surface area contributed by atoms with Crippen LogP contribution in [-0.2, 0) is 13.2 Å². The van der Waals surface area contributed by atoms with Gasteiger partial charge in [0.05, 0.1) is 0 Å². The topological polar surface area (TPSA) is 44.1 Å². The van der Waals surface area contributed by atoms with Crippen molar-refractivity contribution in [1.82, 2.24) is 9.55 Å². The number of nitrogens with zero attached hydrogens (tertiary/aromatic N) is 2. The van der Waals surface area contributed by atoms with Gasteiger partial charge >= 0.3 is 0 Å². The molecule has 0 aliphatic rings. The van der Waals surface area contributed by atoms with Crippen molar-refractivity contribution in [3.8, 4) is 5.75 Å². The zero-order valence-corrected chi connectivity index (χ0v) is 14.6. The van der Waals surface area contributed by atoms with Crippen LogP contribution in [0.4, 0.5) is 0 Å². The highest BCUT2D eigenvalue weighted by Crippen LogP contribution is 2.17. The number of aryl methyl sites for hydroxylation is 1. The molecule has 0 radical (unpaired) electrons. The smallest absolute Gasteiger partial charge is 0.167 e. The molecule has 3 rings (SSSR count). The van der Waals surface area contributed by atoms with Crippen LogP contribution < -0.4 is 4.74 Å². The number of benzene rings is 2. The van der Waals surface area contributed by atoms with Gasteiger partial charge in [0.1, 0.15) is 18.2 Å². The van der Waals surface area contributed by atoms with E-state index in [1.165, 1.54) is 0 Å². The Hall–Kier alpha value is -2.88. The first kappa shape index (κ1) is 17.0. The lowest BCUT2D eigenvalue weighted by Gasteiger charge is -2.13. The summed E-state index contributed by atoms with van der Waals surface area (Å²) in [4.78, 5) is 16.8. The third kappa shape index (κ3) is 4.35. The Morgan fingerprint density at radius 3 is 2.48 bits per heavy atom. The minimum atomic E-state index is -0.107. The van der Waals surface area contributed by atoms with Gasteiger partial charge in [-0.2, -0.15) is 0 Å². The van der Waals surface area contributed by atoms with Gasteiger partial charge in [-0.3, -0.25) is 4.79 Å². The average Bonchev–Trinajstić information content (AvgIpc) is 3.05. The van der Waals surface area contributed by atoms with E-state index in [2.05, 4.69) is 4.98 Å². The highest BCUT2D eigenvalue weighted by Gasteiger charge is 2.16. The summed E-state index contributed by atoms with van der Waals surface area (Å²) in [5, 5.41) is 0. The number of hydrogen-bond donors (Lipinski definition) is 0. The fourth-order valence-electron chi connectivity index (χ4n) is 2.72. The SMILES string of the molecule is Cc1nccn1CC(C)C(=O)c1ccc(OCc2ccccc2)cc1. The van der Waals surface area contributed by atoms with Crippen molar-refractivity contribution in [3.63, 3.8) is 0 Å². The van der Waals surface area contributed by atoms with E-state index in [4.69, 9.17) is 4.74 Å². The summed E-state index contributed by atoms with van der Waals surface area (Å²) in [5.41, 5.74) is 1.82. The van der Waals surface area contributed by atoms with Crippen LogP contribution in [0.1, 0.15) is 28.7 Å². The first-order valence-electron chi connectivity index (χ1n) is 8.42. The van der Waals surface area contributed by atoms with Gasteiger partial charge in [-0.1, -0.05) is 37.3 Å². The average molecular weight is 334 g/mol. The van der Waals surface area contributed by atoms with E-state index in [0.717, 1.165) is 17.1 Å². The van der Waals surface area contributed by atoms with Gasteiger partial charge in [0.2, 0.25) is 0 Å². The molecule has 1 aromatic heterocycles. The predicted molar refractivity (Wildman–Crippen MR) is 97.7 cm³/mol. The highest BCUT2D eigenvalue weighted by atomic mass is 16.5. The molecule has 0 bridgehead atoms. The van der Waals surface area contributed by atoms with Crippen molar-refractivity contribution in [2.45, 2.75) is 27.0 Å². The van der Waals surface area contributed by atoms with Gasteiger partial charge < -0.3 is 9.30 Å². The number of ketones is 1. The molecule has 3 aromatic rings. The third-order valence-corrected chi connectivity index (χ3v) is 4.23. The Kier molecular flexibility index (Phi) is 5.29. The van der Waals surface area contributed by atoms with E-state index < -0.39 is 0 Å². The minimum absolute atomic E-state index is 0.107. The molecular formula is C21H22N2O2. The Bertz CT molecular complexity index is 823. The number of ether oxygens (including phenoxy) is 1. The summed E-state index contributed by atoms with van der Waals surface area (Å²) in [5.74, 6) is 1.70. The molecule has 25 heavy (non-hydrogen) atoms. The number of Topliss-reactive ketones (excluding diaryl/α,β-unsaturated/α-hetero) is 1. The largest absolute Gasteiger partial charge is 0.489 e. The Labute approximate surface area is 148 Å². The van der Waals surface area contributed by atoms with Crippen LogP contribution >= 0.6 is 0 Å². The Morgan fingerprint density at radius 2 is 1.84 bits per heavy atom. The first-order valence-corrected chi connectivity index (χ1v) is 8.42. The van der Waals surface area contributed by atoms with Crippen LogP contribution in [0.2, 0.25) is 0 Å². The quantitative estimate of drug-likeness (QED) is 0.605. The molecule has 4 heteroatoms. The Balaban J connectivity index is 1.59. The van der Waals surface area contributed by atoms with Gasteiger partial charge in [-0.15, -0.1) is 0 Å². The van der Waals surface area contributed by atoms with Crippen molar-refractivity contribution >= 4 is 5.78 Å². The van der Waals surface area contributed by atoms with E-state index in [1.807, 2.05) is 79.2 Å². The second kappa shape index (κ2) is 7.79. The van der Waals surface area contributed by atoms with Crippen LogP contribution in [0.3, 0.4) is 0 Å². The second-order valence-corrected chi connectivity index (χ2v) is 6.19. The van der Waals surface area contributed by atoms with Gasteiger partial charge in [-0.25, -0.2) is 4.98 Å². The lowest BCUT2D eigenvalue weighted by atomic mass is 9.99. The van der Waals surface area contributed by atoms with E-state index in [-0.39, 0.29) is 11.7 Å². The molecule has 1 unspecified atom stereocenters. The number of imidazole rings is 1. The molecule has 0 aliphatic carbocycles. The van der Waals surface area contributed by atoms with E-state index in [9.17, 15) is 4.79 Å². The zero-order valence-electron chi connectivity index (χ0n) is 14.6. The number of carbonyl (C=O) groups excluding carboxylic acids is 1. The van der Waals surface area contributed by atoms with Gasteiger partial charge in [0, 0.05) is 30.4 Å². The van der Waals surface area contributed by atoms with Crippen LogP contribution in [0.25, 0.3) is 0 Å². The van der Waals surface area contributed by atoms with Crippen LogP contribution in [0, 0.1) is 12.8 Å². The molecule has 0 N–H and O–H groups in total. The van der Waals surface area contributed by atoms with Crippen molar-refractivity contribution < 1.29 is 9.53 Å². The molecular weight excluding hydrogens is 312 g/mol. The summed E-state index contributed by atoms with van der Waals surface area (Å²) in [6.45, 7) is 5.04. The molecule has 1 atom stereocenters. The summed E-state index contributed by atoms with van der Waals surface area (Å²) >= 11 is 0. The second-order valence-electron chi connectivity index (χ2n) is 6.19. The lowest BCUT2D eigenvalue weighted by Crippen LogP contribution is -2.18. The Morgan fingerprint density at radius 1 is 1.12 bits per heavy atom. The number of carbonyl (C=O) groups is 1. The molecule has 128 valence electrons. The van der Waals surface area contributed by atoms with Gasteiger partial charge in [-0.05, 0) is 36.8 Å². The molecule has 0 saturated carbocycles. The molecule has 2 aromatic carbocycles. The van der Waals surface area contributed by atoms with Gasteiger partial charge in [0.15, 0.2) is 5.78 Å². The molecule has 0 aliphatic heterocycles. The standard InChI is InChI=1S/C21H22N2O2/c1-16(14-23-13-12-22-17(23)2)21(24)19-8-10-20(11-9-19)25-15-18-6-4-3-5-7-18/h3-13,16H,14-15H2,1-2H3. The minimum Gasteiger partial charge on any atom is -0.489 e.